The van der Waals surface area contributed by atoms with Gasteiger partial charge in [-0.1, -0.05) is 52.3 Å². The summed E-state index contributed by atoms with van der Waals surface area (Å²) < 4.78 is 23.3. The van der Waals surface area contributed by atoms with Crippen LogP contribution in [-0.4, -0.2) is 41.8 Å². The zero-order valence-electron chi connectivity index (χ0n) is 19.1. The molecule has 8 nitrogen and oxygen atoms in total. The van der Waals surface area contributed by atoms with E-state index in [9.17, 15) is 9.59 Å². The van der Waals surface area contributed by atoms with Gasteiger partial charge in [-0.05, 0) is 36.8 Å². The van der Waals surface area contributed by atoms with E-state index in [-0.39, 0.29) is 18.7 Å². The number of rotatable bonds is 9. The van der Waals surface area contributed by atoms with Gasteiger partial charge < -0.3 is 24.1 Å². The van der Waals surface area contributed by atoms with Crippen LogP contribution < -0.4 is 14.2 Å². The molecular weight excluding hydrogens is 518 g/mol. The number of methoxy groups -OCH3 is 1. The van der Waals surface area contributed by atoms with Crippen LogP contribution in [0.4, 0.5) is 4.79 Å². The second kappa shape index (κ2) is 10.7. The summed E-state index contributed by atoms with van der Waals surface area (Å²) in [5, 5.41) is 8.89. The largest absolute Gasteiger partial charge is 0.493 e. The Bertz CT molecular complexity index is 1220. The van der Waals surface area contributed by atoms with E-state index in [1.165, 1.54) is 7.11 Å². The summed E-state index contributed by atoms with van der Waals surface area (Å²) in [7, 11) is 1.51. The van der Waals surface area contributed by atoms with Gasteiger partial charge in [-0.25, -0.2) is 9.59 Å². The van der Waals surface area contributed by atoms with Crippen molar-refractivity contribution in [2.75, 3.05) is 13.7 Å². The predicted octanol–water partition coefficient (Wildman–Crippen LogP) is 5.80. The maximum Gasteiger partial charge on any atom is 0.411 e. The first-order chi connectivity index (χ1) is 16.9. The lowest BCUT2D eigenvalue weighted by atomic mass is 10.0. The molecule has 1 aliphatic rings. The Morgan fingerprint density at radius 1 is 1.06 bits per heavy atom. The molecule has 0 bridgehead atoms. The minimum Gasteiger partial charge on any atom is -0.493 e. The number of ether oxygens (including phenoxy) is 4. The topological polar surface area (TPSA) is 94.5 Å². The summed E-state index contributed by atoms with van der Waals surface area (Å²) in [6, 6.07) is 19.8. The van der Waals surface area contributed by atoms with Gasteiger partial charge in [0.1, 0.15) is 17.6 Å². The number of carboxylic acids is 1. The van der Waals surface area contributed by atoms with Gasteiger partial charge in [0.25, 0.3) is 0 Å². The van der Waals surface area contributed by atoms with Crippen molar-refractivity contribution in [3.05, 3.63) is 82.3 Å². The summed E-state index contributed by atoms with van der Waals surface area (Å²) in [5.41, 5.74) is 1.69. The van der Waals surface area contributed by atoms with Gasteiger partial charge in [-0.3, -0.25) is 4.90 Å². The number of benzene rings is 3. The Balaban J connectivity index is 1.59. The zero-order chi connectivity index (χ0) is 24.9. The number of halogens is 1. The Morgan fingerprint density at radius 3 is 2.54 bits per heavy atom. The Labute approximate surface area is 211 Å². The first kappa shape index (κ1) is 24.4. The molecule has 4 rings (SSSR count). The van der Waals surface area contributed by atoms with E-state index in [0.29, 0.717) is 23.0 Å². The number of carboxylic acid groups (broad SMARTS) is 1. The summed E-state index contributed by atoms with van der Waals surface area (Å²) in [6.45, 7) is 1.74. The van der Waals surface area contributed by atoms with Crippen LogP contribution >= 0.6 is 15.9 Å². The molecule has 1 amide bonds. The molecule has 182 valence electrons. The molecule has 3 aromatic rings. The highest BCUT2D eigenvalue weighted by molar-refractivity contribution is 9.10. The molecule has 1 heterocycles. The molecule has 2 unspecified atom stereocenters. The molecule has 0 spiro atoms. The minimum absolute atomic E-state index is 0.191. The lowest BCUT2D eigenvalue weighted by Crippen LogP contribution is -2.31. The van der Waals surface area contributed by atoms with Crippen LogP contribution in [0.15, 0.2) is 71.2 Å². The van der Waals surface area contributed by atoms with Crippen molar-refractivity contribution in [3.63, 3.8) is 0 Å². The molecule has 1 N–H and O–H groups in total. The van der Waals surface area contributed by atoms with Crippen molar-refractivity contribution in [1.29, 1.82) is 0 Å². The average Bonchev–Trinajstić information content (AvgIpc) is 3.13. The molecule has 2 atom stereocenters. The Hall–Kier alpha value is -3.72. The van der Waals surface area contributed by atoms with Crippen molar-refractivity contribution < 1.29 is 33.6 Å². The maximum atomic E-state index is 12.8. The van der Waals surface area contributed by atoms with E-state index in [2.05, 4.69) is 15.9 Å². The lowest BCUT2D eigenvalue weighted by Gasteiger charge is -2.22. The van der Waals surface area contributed by atoms with Gasteiger partial charge >= 0.3 is 12.1 Å². The monoisotopic (exact) mass is 541 g/mol. The quantitative estimate of drug-likeness (QED) is 0.366. The second-order valence-electron chi connectivity index (χ2n) is 7.93. The summed E-state index contributed by atoms with van der Waals surface area (Å²) >= 11 is 3.47. The van der Waals surface area contributed by atoms with Gasteiger partial charge in [0.05, 0.1) is 19.7 Å². The molecule has 3 aromatic carbocycles. The fraction of sp³-hybridized carbons (Fsp3) is 0.231. The van der Waals surface area contributed by atoms with E-state index in [1.807, 2.05) is 49.4 Å². The molecular formula is C26H24BrNO7. The number of nitrogens with zero attached hydrogens (tertiary/aromatic N) is 1. The minimum atomic E-state index is -1.09. The number of amides is 1. The normalized spacial score (nSPS) is 17.1. The van der Waals surface area contributed by atoms with Crippen LogP contribution in [-0.2, 0) is 16.1 Å². The third-order valence-electron chi connectivity index (χ3n) is 5.61. The van der Waals surface area contributed by atoms with E-state index >= 15 is 0 Å². The van der Waals surface area contributed by atoms with E-state index in [1.54, 1.807) is 29.2 Å². The summed E-state index contributed by atoms with van der Waals surface area (Å²) in [6.07, 6.45) is -0.770. The SMILES string of the molecule is COc1ccc(OCC(=O)O)cc1Oc1cc(Br)ccc1CN1C(=O)OC(c2ccccc2)C1C. The molecule has 9 heteroatoms. The molecule has 1 aliphatic heterocycles. The Kier molecular flexibility index (Phi) is 7.45. The van der Waals surface area contributed by atoms with Crippen molar-refractivity contribution in [1.82, 2.24) is 4.90 Å². The van der Waals surface area contributed by atoms with Gasteiger partial charge in [0.2, 0.25) is 0 Å². The number of aliphatic carboxylic acids is 1. The van der Waals surface area contributed by atoms with Crippen molar-refractivity contribution in [2.45, 2.75) is 25.6 Å². The number of carbonyl (C=O) groups excluding carboxylic acids is 1. The average molecular weight is 542 g/mol. The maximum absolute atomic E-state index is 12.8. The molecule has 0 aliphatic carbocycles. The number of hydrogen-bond acceptors (Lipinski definition) is 6. The molecule has 0 radical (unpaired) electrons. The highest BCUT2D eigenvalue weighted by Gasteiger charge is 2.39. The highest BCUT2D eigenvalue weighted by Crippen LogP contribution is 2.39. The van der Waals surface area contributed by atoms with Crippen LogP contribution in [0.1, 0.15) is 24.2 Å². The third-order valence-corrected chi connectivity index (χ3v) is 6.10. The van der Waals surface area contributed by atoms with Crippen LogP contribution in [0.25, 0.3) is 0 Å². The fourth-order valence-corrected chi connectivity index (χ4v) is 4.17. The van der Waals surface area contributed by atoms with Gasteiger partial charge in [-0.15, -0.1) is 0 Å². The van der Waals surface area contributed by atoms with Gasteiger partial charge in [-0.2, -0.15) is 0 Å². The zero-order valence-corrected chi connectivity index (χ0v) is 20.7. The molecule has 35 heavy (non-hydrogen) atoms. The molecule has 1 fully saturated rings. The van der Waals surface area contributed by atoms with E-state index < -0.39 is 18.7 Å². The van der Waals surface area contributed by atoms with Crippen LogP contribution in [0, 0.1) is 0 Å². The van der Waals surface area contributed by atoms with E-state index in [0.717, 1.165) is 15.6 Å². The van der Waals surface area contributed by atoms with Crippen molar-refractivity contribution in [3.8, 4) is 23.0 Å². The second-order valence-corrected chi connectivity index (χ2v) is 8.85. The molecule has 0 aromatic heterocycles. The smallest absolute Gasteiger partial charge is 0.411 e. The molecule has 0 saturated carbocycles. The van der Waals surface area contributed by atoms with Crippen molar-refractivity contribution in [2.24, 2.45) is 0 Å². The molecule has 1 saturated heterocycles. The van der Waals surface area contributed by atoms with Crippen LogP contribution in [0.3, 0.4) is 0 Å². The first-order valence-corrected chi connectivity index (χ1v) is 11.7. The van der Waals surface area contributed by atoms with E-state index in [4.69, 9.17) is 24.1 Å². The van der Waals surface area contributed by atoms with Gasteiger partial charge in [0, 0.05) is 16.1 Å². The standard InChI is InChI=1S/C26H24BrNO7/c1-16-25(17-6-4-3-5-7-17)35-26(31)28(16)14-18-8-9-19(27)12-22(18)34-23-13-20(33-15-24(29)30)10-11-21(23)32-2/h3-13,16,25H,14-15H2,1-2H3,(H,29,30). The number of hydrogen-bond donors (Lipinski definition) is 1. The lowest BCUT2D eigenvalue weighted by molar-refractivity contribution is -0.139. The van der Waals surface area contributed by atoms with Crippen LogP contribution in [0.2, 0.25) is 0 Å². The number of cyclic esters (lactones) is 1. The van der Waals surface area contributed by atoms with Gasteiger partial charge in [0.15, 0.2) is 18.1 Å². The Morgan fingerprint density at radius 2 is 1.83 bits per heavy atom. The highest BCUT2D eigenvalue weighted by atomic mass is 79.9. The van der Waals surface area contributed by atoms with Crippen molar-refractivity contribution >= 4 is 28.0 Å². The number of carbonyl (C=O) groups is 2. The van der Waals surface area contributed by atoms with Crippen LogP contribution in [0.5, 0.6) is 23.0 Å². The predicted molar refractivity (Wildman–Crippen MR) is 131 cm³/mol. The summed E-state index contributed by atoms with van der Waals surface area (Å²) in [5.74, 6) is 0.516. The third kappa shape index (κ3) is 5.68. The fourth-order valence-electron chi connectivity index (χ4n) is 3.83. The first-order valence-electron chi connectivity index (χ1n) is 10.9. The summed E-state index contributed by atoms with van der Waals surface area (Å²) in [4.78, 5) is 25.3.